The van der Waals surface area contributed by atoms with E-state index in [9.17, 15) is 30.4 Å². The summed E-state index contributed by atoms with van der Waals surface area (Å²) in [6.07, 6.45) is 1.11. The highest BCUT2D eigenvalue weighted by Crippen LogP contribution is 2.35. The van der Waals surface area contributed by atoms with Crippen LogP contribution < -0.4 is 9.03 Å². The Morgan fingerprint density at radius 1 is 0.971 bits per heavy atom. The molecule has 35 heavy (non-hydrogen) atoms. The number of carbonyl (C=O) groups is 1. The van der Waals surface area contributed by atoms with Gasteiger partial charge in [0, 0.05) is 12.6 Å². The molecule has 0 amide bonds. The number of methoxy groups -OCH3 is 1. The van der Waals surface area contributed by atoms with Gasteiger partial charge in [-0.2, -0.15) is 0 Å². The smallest absolute Gasteiger partial charge is 0.337 e. The molecule has 1 aliphatic heterocycles. The molecule has 4 rings (SSSR count). The third-order valence-electron chi connectivity index (χ3n) is 5.46. The van der Waals surface area contributed by atoms with Gasteiger partial charge in [-0.25, -0.2) is 30.4 Å². The van der Waals surface area contributed by atoms with Gasteiger partial charge in [0.2, 0.25) is 0 Å². The Morgan fingerprint density at radius 2 is 1.69 bits per heavy atom. The fourth-order valence-corrected chi connectivity index (χ4v) is 6.41. The van der Waals surface area contributed by atoms with E-state index in [1.807, 2.05) is 0 Å². The molecule has 0 saturated heterocycles. The number of halogens is 2. The minimum absolute atomic E-state index is 0.00983. The molecule has 0 atom stereocenters. The Kier molecular flexibility index (Phi) is 6.52. The van der Waals surface area contributed by atoms with Crippen LogP contribution in [-0.4, -0.2) is 36.5 Å². The average Bonchev–Trinajstić information content (AvgIpc) is 2.82. The summed E-state index contributed by atoms with van der Waals surface area (Å²) in [6.45, 7) is 0.150. The second-order valence-electron chi connectivity index (χ2n) is 7.72. The number of benzene rings is 3. The number of hydrogen-bond acceptors (Lipinski definition) is 6. The minimum Gasteiger partial charge on any atom is -0.465 e. The maximum atomic E-state index is 14.1. The number of nitrogens with zero attached hydrogens (tertiary/aromatic N) is 1. The molecular formula is C23H20F2N2O6S2. The summed E-state index contributed by atoms with van der Waals surface area (Å²) in [5.74, 6) is -2.78. The number of carbonyl (C=O) groups excluding carboxylic acids is 1. The van der Waals surface area contributed by atoms with Crippen molar-refractivity contribution in [3.63, 3.8) is 0 Å². The third-order valence-corrected chi connectivity index (χ3v) is 8.70. The zero-order valence-corrected chi connectivity index (χ0v) is 20.0. The molecule has 0 saturated carbocycles. The zero-order valence-electron chi connectivity index (χ0n) is 18.4. The first-order valence-corrected chi connectivity index (χ1v) is 13.3. The fraction of sp³-hybridized carbons (Fsp3) is 0.174. The van der Waals surface area contributed by atoms with Gasteiger partial charge in [0.1, 0.15) is 16.5 Å². The Balaban J connectivity index is 1.68. The number of rotatable bonds is 6. The number of anilines is 2. The number of ether oxygens (including phenoxy) is 1. The largest absolute Gasteiger partial charge is 0.465 e. The average molecular weight is 523 g/mol. The Labute approximate surface area is 201 Å². The van der Waals surface area contributed by atoms with Crippen LogP contribution in [0.1, 0.15) is 22.3 Å². The number of esters is 1. The molecule has 0 aromatic heterocycles. The van der Waals surface area contributed by atoms with E-state index >= 15 is 0 Å². The van der Waals surface area contributed by atoms with E-state index < -0.39 is 42.5 Å². The normalized spacial score (nSPS) is 13.7. The highest BCUT2D eigenvalue weighted by atomic mass is 32.2. The molecule has 3 aromatic rings. The molecule has 0 fully saturated rings. The lowest BCUT2D eigenvalue weighted by Gasteiger charge is -2.31. The van der Waals surface area contributed by atoms with Crippen LogP contribution in [0.4, 0.5) is 20.2 Å². The topological polar surface area (TPSA) is 110 Å². The van der Waals surface area contributed by atoms with Crippen LogP contribution in [0.25, 0.3) is 0 Å². The van der Waals surface area contributed by atoms with Crippen LogP contribution in [0.3, 0.4) is 0 Å². The SMILES string of the molecule is COC(=O)c1ccc(S(=O)(=O)N2CCCc3ccc(NS(=O)(=O)c4ccc(F)cc4F)cc32)cc1. The van der Waals surface area contributed by atoms with Crippen molar-refractivity contribution in [2.45, 2.75) is 22.6 Å². The van der Waals surface area contributed by atoms with Gasteiger partial charge in [-0.3, -0.25) is 9.03 Å². The van der Waals surface area contributed by atoms with E-state index in [2.05, 4.69) is 9.46 Å². The van der Waals surface area contributed by atoms with Crippen molar-refractivity contribution in [2.24, 2.45) is 0 Å². The van der Waals surface area contributed by atoms with E-state index in [1.165, 1.54) is 43.5 Å². The molecule has 0 aliphatic carbocycles. The van der Waals surface area contributed by atoms with E-state index in [4.69, 9.17) is 0 Å². The molecule has 0 unspecified atom stereocenters. The molecule has 12 heteroatoms. The summed E-state index contributed by atoms with van der Waals surface area (Å²) >= 11 is 0. The quantitative estimate of drug-likeness (QED) is 0.495. The van der Waals surface area contributed by atoms with Gasteiger partial charge in [-0.05, 0) is 66.9 Å². The molecular weight excluding hydrogens is 502 g/mol. The molecule has 1 N–H and O–H groups in total. The summed E-state index contributed by atoms with van der Waals surface area (Å²) in [5.41, 5.74) is 1.15. The molecule has 8 nitrogen and oxygen atoms in total. The summed E-state index contributed by atoms with van der Waals surface area (Å²) in [7, 11) is -7.24. The van der Waals surface area contributed by atoms with Gasteiger partial charge in [0.05, 0.1) is 28.9 Å². The molecule has 1 aliphatic rings. The number of aryl methyl sites for hydroxylation is 1. The van der Waals surface area contributed by atoms with Gasteiger partial charge in [-0.1, -0.05) is 6.07 Å². The van der Waals surface area contributed by atoms with Gasteiger partial charge in [0.15, 0.2) is 0 Å². The maximum absolute atomic E-state index is 14.1. The van der Waals surface area contributed by atoms with Crippen LogP contribution >= 0.6 is 0 Å². The van der Waals surface area contributed by atoms with E-state index in [1.54, 1.807) is 6.07 Å². The first-order valence-electron chi connectivity index (χ1n) is 10.3. The van der Waals surface area contributed by atoms with E-state index in [0.717, 1.165) is 16.4 Å². The number of fused-ring (bicyclic) bond motifs is 1. The van der Waals surface area contributed by atoms with Crippen LogP contribution in [0.5, 0.6) is 0 Å². The van der Waals surface area contributed by atoms with Crippen molar-refractivity contribution in [1.82, 2.24) is 0 Å². The number of hydrogen-bond donors (Lipinski definition) is 1. The fourth-order valence-electron chi connectivity index (χ4n) is 3.77. The Bertz CT molecular complexity index is 1510. The molecule has 3 aromatic carbocycles. The molecule has 0 bridgehead atoms. The molecule has 184 valence electrons. The summed E-state index contributed by atoms with van der Waals surface area (Å²) in [6, 6.07) is 11.7. The maximum Gasteiger partial charge on any atom is 0.337 e. The number of nitrogens with one attached hydrogen (secondary N) is 1. The van der Waals surface area contributed by atoms with Crippen LogP contribution in [0.2, 0.25) is 0 Å². The van der Waals surface area contributed by atoms with Gasteiger partial charge >= 0.3 is 5.97 Å². The van der Waals surface area contributed by atoms with E-state index in [0.29, 0.717) is 24.5 Å². The monoisotopic (exact) mass is 522 g/mol. The highest BCUT2D eigenvalue weighted by Gasteiger charge is 2.30. The van der Waals surface area contributed by atoms with Crippen molar-refractivity contribution in [3.05, 3.63) is 83.4 Å². The Hall–Kier alpha value is -3.51. The lowest BCUT2D eigenvalue weighted by atomic mass is 10.0. The van der Waals surface area contributed by atoms with Crippen LogP contribution in [0.15, 0.2) is 70.5 Å². The second-order valence-corrected chi connectivity index (χ2v) is 11.2. The lowest BCUT2D eigenvalue weighted by Crippen LogP contribution is -2.35. The van der Waals surface area contributed by atoms with Gasteiger partial charge in [0.25, 0.3) is 20.0 Å². The second kappa shape index (κ2) is 9.27. The van der Waals surface area contributed by atoms with Crippen molar-refractivity contribution < 1.29 is 35.1 Å². The van der Waals surface area contributed by atoms with Crippen LogP contribution in [0, 0.1) is 11.6 Å². The first-order chi connectivity index (χ1) is 16.5. The zero-order chi connectivity index (χ0) is 25.4. The summed E-state index contributed by atoms with van der Waals surface area (Å²) in [4.78, 5) is 10.8. The molecule has 0 spiro atoms. The van der Waals surface area contributed by atoms with Crippen molar-refractivity contribution >= 4 is 37.4 Å². The molecule has 0 radical (unpaired) electrons. The van der Waals surface area contributed by atoms with Gasteiger partial charge < -0.3 is 4.74 Å². The predicted molar refractivity (Wildman–Crippen MR) is 124 cm³/mol. The predicted octanol–water partition coefficient (Wildman–Crippen LogP) is 3.69. The third kappa shape index (κ3) is 4.84. The molecule has 1 heterocycles. The van der Waals surface area contributed by atoms with E-state index in [-0.39, 0.29) is 28.4 Å². The van der Waals surface area contributed by atoms with Crippen molar-refractivity contribution in [3.8, 4) is 0 Å². The van der Waals surface area contributed by atoms with Crippen molar-refractivity contribution in [2.75, 3.05) is 22.7 Å². The summed E-state index contributed by atoms with van der Waals surface area (Å²) < 4.78 is 87.3. The lowest BCUT2D eigenvalue weighted by molar-refractivity contribution is 0.0600. The standard InChI is InChI=1S/C23H20F2N2O6S2/c1-33-23(28)16-5-9-19(10-6-16)35(31,32)27-12-2-3-15-4-8-18(14-21(15)27)26-34(29,30)22-11-7-17(24)13-20(22)25/h4-11,13-14,26H,2-3,12H2,1H3. The number of sulfonamides is 2. The highest BCUT2D eigenvalue weighted by molar-refractivity contribution is 7.93. The first kappa shape index (κ1) is 24.6. The summed E-state index contributed by atoms with van der Waals surface area (Å²) in [5, 5.41) is 0. The van der Waals surface area contributed by atoms with Gasteiger partial charge in [-0.15, -0.1) is 0 Å². The Morgan fingerprint density at radius 3 is 2.34 bits per heavy atom. The van der Waals surface area contributed by atoms with Crippen molar-refractivity contribution in [1.29, 1.82) is 0 Å². The van der Waals surface area contributed by atoms with Crippen LogP contribution in [-0.2, 0) is 31.2 Å². The minimum atomic E-state index is -4.41.